The van der Waals surface area contributed by atoms with Gasteiger partial charge in [-0.2, -0.15) is 5.10 Å². The van der Waals surface area contributed by atoms with Crippen molar-refractivity contribution in [1.29, 1.82) is 0 Å². The van der Waals surface area contributed by atoms with E-state index in [9.17, 15) is 18.0 Å². The van der Waals surface area contributed by atoms with Crippen molar-refractivity contribution < 1.29 is 18.0 Å². The highest BCUT2D eigenvalue weighted by Crippen LogP contribution is 2.25. The van der Waals surface area contributed by atoms with Crippen molar-refractivity contribution in [2.45, 2.75) is 31.7 Å². The van der Waals surface area contributed by atoms with Crippen molar-refractivity contribution in [1.82, 2.24) is 20.4 Å². The zero-order valence-corrected chi connectivity index (χ0v) is 13.0. The molecule has 0 aromatic carbocycles. The molecule has 0 aliphatic heterocycles. The summed E-state index contributed by atoms with van der Waals surface area (Å²) in [5.74, 6) is -0.617. The Hall–Kier alpha value is -1.61. The van der Waals surface area contributed by atoms with Crippen LogP contribution < -0.4 is 10.6 Å². The van der Waals surface area contributed by atoms with Crippen LogP contribution in [-0.2, 0) is 13.8 Å². The number of imide groups is 1. The molecule has 10 heteroatoms. The SMILES string of the molecule is CNC(=O)NC(=O)C(C)n1nc(C)c(S(=O)(=O)Cl)c1C. The Morgan fingerprint density at radius 3 is 2.30 bits per heavy atom. The minimum Gasteiger partial charge on any atom is -0.341 e. The fourth-order valence-corrected chi connectivity index (χ4v) is 3.28. The standard InChI is InChI=1S/C10H15ClN4O4S/c1-5-8(20(11,18)19)6(2)15(14-5)7(3)9(16)13-10(17)12-4/h7H,1-4H3,(H2,12,13,16,17). The van der Waals surface area contributed by atoms with E-state index in [2.05, 4.69) is 15.7 Å². The lowest BCUT2D eigenvalue weighted by atomic mass is 10.3. The average Bonchev–Trinajstić information content (AvgIpc) is 2.62. The first-order chi connectivity index (χ1) is 9.09. The van der Waals surface area contributed by atoms with E-state index in [1.807, 2.05) is 0 Å². The van der Waals surface area contributed by atoms with Crippen LogP contribution in [0.5, 0.6) is 0 Å². The highest BCUT2D eigenvalue weighted by Gasteiger charge is 2.27. The molecule has 20 heavy (non-hydrogen) atoms. The van der Waals surface area contributed by atoms with Crippen molar-refractivity contribution in [3.05, 3.63) is 11.4 Å². The fourth-order valence-electron chi connectivity index (χ4n) is 1.77. The first-order valence-corrected chi connectivity index (χ1v) is 7.93. The molecular formula is C10H15ClN4O4S. The minimum absolute atomic E-state index is 0.126. The van der Waals surface area contributed by atoms with Crippen molar-refractivity contribution in [2.24, 2.45) is 0 Å². The van der Waals surface area contributed by atoms with Crippen LogP contribution >= 0.6 is 10.7 Å². The van der Waals surface area contributed by atoms with Gasteiger partial charge in [0.15, 0.2) is 0 Å². The third-order valence-electron chi connectivity index (χ3n) is 2.71. The third kappa shape index (κ3) is 3.28. The molecule has 0 spiro atoms. The van der Waals surface area contributed by atoms with E-state index in [0.29, 0.717) is 0 Å². The molecule has 3 amide bonds. The molecule has 112 valence electrons. The monoisotopic (exact) mass is 322 g/mol. The summed E-state index contributed by atoms with van der Waals surface area (Å²) >= 11 is 0. The lowest BCUT2D eigenvalue weighted by Gasteiger charge is -2.13. The quantitative estimate of drug-likeness (QED) is 0.785. The van der Waals surface area contributed by atoms with Gasteiger partial charge in [-0.15, -0.1) is 0 Å². The van der Waals surface area contributed by atoms with Crippen LogP contribution in [0.3, 0.4) is 0 Å². The molecule has 0 bridgehead atoms. The summed E-state index contributed by atoms with van der Waals surface area (Å²) in [6.45, 7) is 4.45. The molecule has 8 nitrogen and oxygen atoms in total. The highest BCUT2D eigenvalue weighted by atomic mass is 35.7. The Kier molecular flexibility index (Phi) is 4.77. The van der Waals surface area contributed by atoms with Crippen LogP contribution in [0.25, 0.3) is 0 Å². The maximum absolute atomic E-state index is 11.8. The number of carbonyl (C=O) groups excluding carboxylic acids is 2. The van der Waals surface area contributed by atoms with Gasteiger partial charge in [-0.1, -0.05) is 0 Å². The van der Waals surface area contributed by atoms with Crippen LogP contribution in [0.15, 0.2) is 4.90 Å². The van der Waals surface area contributed by atoms with Gasteiger partial charge < -0.3 is 5.32 Å². The summed E-state index contributed by atoms with van der Waals surface area (Å²) in [4.78, 5) is 22.8. The highest BCUT2D eigenvalue weighted by molar-refractivity contribution is 8.13. The van der Waals surface area contributed by atoms with Gasteiger partial charge in [0.25, 0.3) is 15.0 Å². The molecule has 1 unspecified atom stereocenters. The molecule has 0 radical (unpaired) electrons. The van der Waals surface area contributed by atoms with Gasteiger partial charge >= 0.3 is 6.03 Å². The number of hydrogen-bond donors (Lipinski definition) is 2. The average molecular weight is 323 g/mol. The minimum atomic E-state index is -3.95. The van der Waals surface area contributed by atoms with Gasteiger partial charge in [-0.25, -0.2) is 13.2 Å². The molecule has 2 N–H and O–H groups in total. The van der Waals surface area contributed by atoms with E-state index in [1.165, 1.54) is 32.5 Å². The van der Waals surface area contributed by atoms with E-state index >= 15 is 0 Å². The lowest BCUT2D eigenvalue weighted by Crippen LogP contribution is -2.41. The fraction of sp³-hybridized carbons (Fsp3) is 0.500. The van der Waals surface area contributed by atoms with Gasteiger partial charge in [0.2, 0.25) is 0 Å². The number of halogens is 1. The molecule has 1 aromatic rings. The predicted octanol–water partition coefficient (Wildman–Crippen LogP) is 0.444. The van der Waals surface area contributed by atoms with Crippen LogP contribution in [0.1, 0.15) is 24.4 Å². The summed E-state index contributed by atoms with van der Waals surface area (Å²) in [6, 6.07) is -1.52. The number of urea groups is 1. The maximum atomic E-state index is 11.8. The molecule has 1 heterocycles. The second kappa shape index (κ2) is 5.80. The molecule has 0 fully saturated rings. The van der Waals surface area contributed by atoms with Gasteiger partial charge in [0.05, 0.1) is 11.4 Å². The zero-order chi connectivity index (χ0) is 15.7. The normalized spacial score (nSPS) is 12.8. The van der Waals surface area contributed by atoms with Crippen LogP contribution in [0, 0.1) is 13.8 Å². The molecule has 1 atom stereocenters. The Morgan fingerprint density at radius 1 is 1.35 bits per heavy atom. The number of nitrogens with one attached hydrogen (secondary N) is 2. The number of nitrogens with zero attached hydrogens (tertiary/aromatic N) is 2. The molecule has 1 rings (SSSR count). The van der Waals surface area contributed by atoms with E-state index in [1.54, 1.807) is 0 Å². The topological polar surface area (TPSA) is 110 Å². The third-order valence-corrected chi connectivity index (χ3v) is 4.25. The van der Waals surface area contributed by atoms with Crippen molar-refractivity contribution >= 4 is 31.7 Å². The van der Waals surface area contributed by atoms with E-state index in [0.717, 1.165) is 0 Å². The number of hydrogen-bond acceptors (Lipinski definition) is 5. The molecular weight excluding hydrogens is 308 g/mol. The number of rotatable bonds is 3. The van der Waals surface area contributed by atoms with Crippen molar-refractivity contribution in [3.8, 4) is 0 Å². The molecule has 0 aliphatic carbocycles. The summed E-state index contributed by atoms with van der Waals surface area (Å²) in [5.41, 5.74) is 0.425. The lowest BCUT2D eigenvalue weighted by molar-refractivity contribution is -0.123. The smallest absolute Gasteiger partial charge is 0.321 e. The maximum Gasteiger partial charge on any atom is 0.321 e. The second-order valence-corrected chi connectivity index (χ2v) is 6.63. The second-order valence-electron chi connectivity index (χ2n) is 4.13. The van der Waals surface area contributed by atoms with Crippen molar-refractivity contribution in [2.75, 3.05) is 7.05 Å². The van der Waals surface area contributed by atoms with Crippen LogP contribution in [0.2, 0.25) is 0 Å². The molecule has 1 aromatic heterocycles. The summed E-state index contributed by atoms with van der Waals surface area (Å²) in [7, 11) is 2.75. The van der Waals surface area contributed by atoms with E-state index in [-0.39, 0.29) is 16.3 Å². The van der Waals surface area contributed by atoms with Gasteiger partial charge in [0, 0.05) is 17.7 Å². The molecule has 0 saturated carbocycles. The first-order valence-electron chi connectivity index (χ1n) is 5.62. The Bertz CT molecular complexity index is 652. The van der Waals surface area contributed by atoms with E-state index < -0.39 is 27.0 Å². The molecule has 0 saturated heterocycles. The summed E-state index contributed by atoms with van der Waals surface area (Å²) in [5, 5.41) is 8.32. The van der Waals surface area contributed by atoms with Gasteiger partial charge in [-0.3, -0.25) is 14.8 Å². The Labute approximate surface area is 120 Å². The number of aromatic nitrogens is 2. The van der Waals surface area contributed by atoms with E-state index in [4.69, 9.17) is 10.7 Å². The summed E-state index contributed by atoms with van der Waals surface area (Å²) in [6.07, 6.45) is 0. The van der Waals surface area contributed by atoms with Crippen LogP contribution in [0.4, 0.5) is 4.79 Å². The first kappa shape index (κ1) is 16.4. The Morgan fingerprint density at radius 2 is 1.90 bits per heavy atom. The summed E-state index contributed by atoms with van der Waals surface area (Å²) < 4.78 is 24.1. The molecule has 0 aliphatic rings. The number of aryl methyl sites for hydroxylation is 1. The predicted molar refractivity (Wildman–Crippen MR) is 72.0 cm³/mol. The Balaban J connectivity index is 3.16. The van der Waals surface area contributed by atoms with Gasteiger partial charge in [-0.05, 0) is 20.8 Å². The zero-order valence-electron chi connectivity index (χ0n) is 11.4. The largest absolute Gasteiger partial charge is 0.341 e. The number of carbonyl (C=O) groups is 2. The number of amides is 3. The van der Waals surface area contributed by atoms with Crippen molar-refractivity contribution in [3.63, 3.8) is 0 Å². The van der Waals surface area contributed by atoms with Crippen LogP contribution in [-0.4, -0.2) is 37.2 Å². The van der Waals surface area contributed by atoms with Gasteiger partial charge in [0.1, 0.15) is 10.9 Å².